The van der Waals surface area contributed by atoms with Gasteiger partial charge < -0.3 is 9.64 Å². The summed E-state index contributed by atoms with van der Waals surface area (Å²) in [5, 5.41) is 0. The zero-order valence-corrected chi connectivity index (χ0v) is 15.6. The summed E-state index contributed by atoms with van der Waals surface area (Å²) in [6.07, 6.45) is 2.95. The maximum absolute atomic E-state index is 12.3. The van der Waals surface area contributed by atoms with Gasteiger partial charge in [-0.3, -0.25) is 9.69 Å². The Balaban J connectivity index is 1.43. The van der Waals surface area contributed by atoms with Crippen LogP contribution in [-0.4, -0.2) is 31.2 Å². The molecule has 136 valence electrons. The SMILES string of the molecule is Cc1ccc(CC2CN(c3ccc(N4CCCCC4=O)cc3)C(=O)O2)s1. The first kappa shape index (κ1) is 17.1. The average molecular weight is 370 g/mol. The maximum Gasteiger partial charge on any atom is 0.414 e. The lowest BCUT2D eigenvalue weighted by Gasteiger charge is -2.27. The molecular weight excluding hydrogens is 348 g/mol. The standard InChI is InChI=1S/C20H22N2O3S/c1-14-5-10-18(26-14)12-17-13-22(20(24)25-17)16-8-6-15(7-9-16)21-11-3-2-4-19(21)23/h5-10,17H,2-4,11-13H2,1H3. The molecule has 2 aliphatic heterocycles. The quantitative estimate of drug-likeness (QED) is 0.813. The van der Waals surface area contributed by atoms with Gasteiger partial charge in [-0.05, 0) is 56.2 Å². The second kappa shape index (κ2) is 7.11. The molecule has 0 saturated carbocycles. The number of ether oxygens (including phenoxy) is 1. The Morgan fingerprint density at radius 3 is 2.42 bits per heavy atom. The van der Waals surface area contributed by atoms with Crippen molar-refractivity contribution in [2.45, 2.75) is 38.7 Å². The lowest BCUT2D eigenvalue weighted by molar-refractivity contribution is -0.119. The van der Waals surface area contributed by atoms with E-state index in [0.717, 1.165) is 37.2 Å². The molecule has 0 spiro atoms. The van der Waals surface area contributed by atoms with Crippen LogP contribution < -0.4 is 9.80 Å². The minimum Gasteiger partial charge on any atom is -0.444 e. The third-order valence-electron chi connectivity index (χ3n) is 4.90. The molecule has 0 aliphatic carbocycles. The number of cyclic esters (lactones) is 1. The molecule has 0 radical (unpaired) electrons. The summed E-state index contributed by atoms with van der Waals surface area (Å²) in [5.41, 5.74) is 1.71. The molecule has 2 amide bonds. The number of benzene rings is 1. The summed E-state index contributed by atoms with van der Waals surface area (Å²) in [5.74, 6) is 0.177. The molecule has 2 saturated heterocycles. The molecule has 6 heteroatoms. The number of piperidine rings is 1. The Kier molecular flexibility index (Phi) is 4.68. The number of carbonyl (C=O) groups excluding carboxylic acids is 2. The number of anilines is 2. The molecule has 0 N–H and O–H groups in total. The molecular formula is C20H22N2O3S. The van der Waals surface area contributed by atoms with E-state index >= 15 is 0 Å². The van der Waals surface area contributed by atoms with Gasteiger partial charge in [0.1, 0.15) is 6.10 Å². The molecule has 4 rings (SSSR count). The van der Waals surface area contributed by atoms with Crippen LogP contribution in [0.2, 0.25) is 0 Å². The van der Waals surface area contributed by atoms with Crippen molar-refractivity contribution in [2.24, 2.45) is 0 Å². The first-order valence-corrected chi connectivity index (χ1v) is 9.86. The Morgan fingerprint density at radius 1 is 1.04 bits per heavy atom. The molecule has 5 nitrogen and oxygen atoms in total. The largest absolute Gasteiger partial charge is 0.444 e. The summed E-state index contributed by atoms with van der Waals surface area (Å²) in [6, 6.07) is 11.8. The summed E-state index contributed by atoms with van der Waals surface area (Å²) in [4.78, 5) is 30.3. The lowest BCUT2D eigenvalue weighted by atomic mass is 10.1. The Labute approximate surface area is 157 Å². The number of nitrogens with zero attached hydrogens (tertiary/aromatic N) is 2. The van der Waals surface area contributed by atoms with E-state index in [-0.39, 0.29) is 18.1 Å². The van der Waals surface area contributed by atoms with Crippen LogP contribution in [0.25, 0.3) is 0 Å². The van der Waals surface area contributed by atoms with Crippen LogP contribution in [0.15, 0.2) is 36.4 Å². The monoisotopic (exact) mass is 370 g/mol. The first-order chi connectivity index (χ1) is 12.6. The fourth-order valence-corrected chi connectivity index (χ4v) is 4.50. The van der Waals surface area contributed by atoms with Crippen LogP contribution in [0.4, 0.5) is 16.2 Å². The molecule has 2 aliphatic rings. The normalized spacial score (nSPS) is 20.6. The van der Waals surface area contributed by atoms with Gasteiger partial charge in [0.15, 0.2) is 0 Å². The highest BCUT2D eigenvalue weighted by atomic mass is 32.1. The van der Waals surface area contributed by atoms with Gasteiger partial charge in [0, 0.05) is 40.5 Å². The fourth-order valence-electron chi connectivity index (χ4n) is 3.55. The molecule has 1 aromatic heterocycles. The van der Waals surface area contributed by atoms with Gasteiger partial charge >= 0.3 is 6.09 Å². The highest BCUT2D eigenvalue weighted by molar-refractivity contribution is 7.11. The Hall–Kier alpha value is -2.34. The highest BCUT2D eigenvalue weighted by Gasteiger charge is 2.32. The molecule has 1 aromatic carbocycles. The van der Waals surface area contributed by atoms with Gasteiger partial charge in [-0.15, -0.1) is 11.3 Å². The summed E-state index contributed by atoms with van der Waals surface area (Å²) in [6.45, 7) is 3.40. The van der Waals surface area contributed by atoms with E-state index in [2.05, 4.69) is 19.1 Å². The van der Waals surface area contributed by atoms with Gasteiger partial charge in [0.05, 0.1) is 6.54 Å². The number of aryl methyl sites for hydroxylation is 1. The van der Waals surface area contributed by atoms with Gasteiger partial charge in [0.2, 0.25) is 5.91 Å². The zero-order valence-electron chi connectivity index (χ0n) is 14.8. The predicted octanol–water partition coefficient (Wildman–Crippen LogP) is 4.14. The van der Waals surface area contributed by atoms with E-state index in [4.69, 9.17) is 4.74 Å². The zero-order chi connectivity index (χ0) is 18.1. The van der Waals surface area contributed by atoms with E-state index < -0.39 is 0 Å². The number of carbonyl (C=O) groups is 2. The minimum absolute atomic E-state index is 0.121. The number of amides is 2. The van der Waals surface area contributed by atoms with Crippen LogP contribution in [0.1, 0.15) is 29.0 Å². The number of hydrogen-bond acceptors (Lipinski definition) is 4. The smallest absolute Gasteiger partial charge is 0.414 e. The van der Waals surface area contributed by atoms with Crippen LogP contribution in [0, 0.1) is 6.92 Å². The van der Waals surface area contributed by atoms with Crippen molar-refractivity contribution < 1.29 is 14.3 Å². The van der Waals surface area contributed by atoms with Gasteiger partial charge in [-0.25, -0.2) is 4.79 Å². The molecule has 1 atom stereocenters. The predicted molar refractivity (Wildman–Crippen MR) is 103 cm³/mol. The average Bonchev–Trinajstić information content (AvgIpc) is 3.21. The van der Waals surface area contributed by atoms with Crippen LogP contribution >= 0.6 is 11.3 Å². The molecule has 26 heavy (non-hydrogen) atoms. The van der Waals surface area contributed by atoms with Crippen molar-refractivity contribution in [3.8, 4) is 0 Å². The summed E-state index contributed by atoms with van der Waals surface area (Å²) >= 11 is 1.74. The number of rotatable bonds is 4. The molecule has 3 heterocycles. The molecule has 1 unspecified atom stereocenters. The topological polar surface area (TPSA) is 49.9 Å². The van der Waals surface area contributed by atoms with Crippen LogP contribution in [0.5, 0.6) is 0 Å². The van der Waals surface area contributed by atoms with Gasteiger partial charge in [0.25, 0.3) is 0 Å². The molecule has 2 aromatic rings. The maximum atomic E-state index is 12.3. The second-order valence-corrected chi connectivity index (χ2v) is 8.22. The second-order valence-electron chi connectivity index (χ2n) is 6.85. The van der Waals surface area contributed by atoms with Crippen LogP contribution in [-0.2, 0) is 16.0 Å². The van der Waals surface area contributed by atoms with E-state index in [1.807, 2.05) is 29.2 Å². The van der Waals surface area contributed by atoms with Crippen molar-refractivity contribution in [2.75, 3.05) is 22.9 Å². The van der Waals surface area contributed by atoms with E-state index in [1.54, 1.807) is 16.2 Å². The fraction of sp³-hybridized carbons (Fsp3) is 0.400. The van der Waals surface area contributed by atoms with E-state index in [0.29, 0.717) is 13.0 Å². The first-order valence-electron chi connectivity index (χ1n) is 9.04. The van der Waals surface area contributed by atoms with Gasteiger partial charge in [-0.2, -0.15) is 0 Å². The third-order valence-corrected chi connectivity index (χ3v) is 5.92. The van der Waals surface area contributed by atoms with E-state index in [9.17, 15) is 9.59 Å². The number of thiophene rings is 1. The Bertz CT molecular complexity index is 815. The Morgan fingerprint density at radius 2 is 1.77 bits per heavy atom. The van der Waals surface area contributed by atoms with Crippen molar-refractivity contribution in [1.29, 1.82) is 0 Å². The van der Waals surface area contributed by atoms with E-state index in [1.165, 1.54) is 9.75 Å². The number of hydrogen-bond donors (Lipinski definition) is 0. The van der Waals surface area contributed by atoms with Crippen molar-refractivity contribution in [1.82, 2.24) is 0 Å². The third kappa shape index (κ3) is 3.46. The van der Waals surface area contributed by atoms with Crippen molar-refractivity contribution in [3.05, 3.63) is 46.2 Å². The summed E-state index contributed by atoms with van der Waals surface area (Å²) in [7, 11) is 0. The van der Waals surface area contributed by atoms with Crippen molar-refractivity contribution >= 4 is 34.7 Å². The molecule has 0 bridgehead atoms. The minimum atomic E-state index is -0.301. The van der Waals surface area contributed by atoms with Crippen molar-refractivity contribution in [3.63, 3.8) is 0 Å². The van der Waals surface area contributed by atoms with Gasteiger partial charge in [-0.1, -0.05) is 0 Å². The lowest BCUT2D eigenvalue weighted by Crippen LogP contribution is -2.35. The summed E-state index contributed by atoms with van der Waals surface area (Å²) < 4.78 is 5.53. The highest BCUT2D eigenvalue weighted by Crippen LogP contribution is 2.28. The van der Waals surface area contributed by atoms with Crippen LogP contribution in [0.3, 0.4) is 0 Å². The molecule has 2 fully saturated rings.